The van der Waals surface area contributed by atoms with Crippen LogP contribution in [0.3, 0.4) is 0 Å². The number of aromatic hydroxyl groups is 4. The van der Waals surface area contributed by atoms with Crippen LogP contribution in [0.15, 0.2) is 36.4 Å². The minimum Gasteiger partial charge on any atom is -0.504 e. The van der Waals surface area contributed by atoms with E-state index in [1.54, 1.807) is 12.1 Å². The summed E-state index contributed by atoms with van der Waals surface area (Å²) in [5.41, 5.74) is 1.70. The van der Waals surface area contributed by atoms with Gasteiger partial charge < -0.3 is 45.2 Å². The summed E-state index contributed by atoms with van der Waals surface area (Å²) >= 11 is 0. The Balaban J connectivity index is 1.57. The van der Waals surface area contributed by atoms with Gasteiger partial charge in [0.2, 0.25) is 0 Å². The monoisotopic (exact) mass is 464 g/mol. The van der Waals surface area contributed by atoms with Crippen molar-refractivity contribution in [1.82, 2.24) is 0 Å². The maximum atomic E-state index is 10.2. The van der Waals surface area contributed by atoms with Crippen LogP contribution in [0.25, 0.3) is 0 Å². The number of rotatable bonds is 10. The van der Waals surface area contributed by atoms with E-state index in [1.807, 2.05) is 0 Å². The molecule has 0 amide bonds. The van der Waals surface area contributed by atoms with Gasteiger partial charge in [-0.15, -0.1) is 0 Å². The molecule has 3 rings (SSSR count). The SMILES string of the molecule is Oc1ccc(CCCC[C@H](CCc2ccc(O)c(O)c2)O[C@H]2OC[C@@H](O)[C@H](O)[C@H]2O)cc1O. The van der Waals surface area contributed by atoms with Gasteiger partial charge in [0.05, 0.1) is 12.7 Å². The summed E-state index contributed by atoms with van der Waals surface area (Å²) in [7, 11) is 0. The first-order chi connectivity index (χ1) is 15.7. The molecular formula is C24H32O9. The number of phenols is 4. The van der Waals surface area contributed by atoms with Crippen molar-refractivity contribution < 1.29 is 45.2 Å². The van der Waals surface area contributed by atoms with Crippen LogP contribution in [0.4, 0.5) is 0 Å². The minimum atomic E-state index is -1.38. The van der Waals surface area contributed by atoms with Crippen molar-refractivity contribution in [2.45, 2.75) is 69.2 Å². The van der Waals surface area contributed by atoms with Gasteiger partial charge in [0.1, 0.15) is 18.3 Å². The summed E-state index contributed by atoms with van der Waals surface area (Å²) in [4.78, 5) is 0. The smallest absolute Gasteiger partial charge is 0.186 e. The Kier molecular flexibility index (Phi) is 8.76. The van der Waals surface area contributed by atoms with Crippen molar-refractivity contribution in [3.63, 3.8) is 0 Å². The lowest BCUT2D eigenvalue weighted by Crippen LogP contribution is -2.54. The fourth-order valence-electron chi connectivity index (χ4n) is 3.85. The van der Waals surface area contributed by atoms with Crippen LogP contribution in [0.1, 0.15) is 36.8 Å². The Morgan fingerprint density at radius 1 is 0.758 bits per heavy atom. The molecule has 1 fully saturated rings. The summed E-state index contributed by atoms with van der Waals surface area (Å²) in [5.74, 6) is -0.718. The van der Waals surface area contributed by atoms with Gasteiger partial charge in [-0.2, -0.15) is 0 Å². The molecular weight excluding hydrogens is 432 g/mol. The van der Waals surface area contributed by atoms with E-state index >= 15 is 0 Å². The first-order valence-electron chi connectivity index (χ1n) is 11.1. The number of hydrogen-bond acceptors (Lipinski definition) is 9. The van der Waals surface area contributed by atoms with Gasteiger partial charge in [0.15, 0.2) is 29.3 Å². The highest BCUT2D eigenvalue weighted by Crippen LogP contribution is 2.28. The quantitative estimate of drug-likeness (QED) is 0.205. The lowest BCUT2D eigenvalue weighted by molar-refractivity contribution is -0.283. The molecule has 0 saturated carbocycles. The summed E-state index contributed by atoms with van der Waals surface area (Å²) in [6.07, 6.45) is -1.38. The standard InChI is InChI=1S/C24H32O9/c25-17-9-6-14(11-19(17)27)3-1-2-4-16(8-5-15-7-10-18(26)20(28)12-15)33-24-23(31)22(30)21(29)13-32-24/h6-7,9-12,16,21-31H,1-5,8,13H2/t16-,21-,22+,23-,24-/m1/s1. The predicted octanol–water partition coefficient (Wildman–Crippen LogP) is 1.68. The van der Waals surface area contributed by atoms with Gasteiger partial charge in [-0.1, -0.05) is 18.6 Å². The van der Waals surface area contributed by atoms with Crippen molar-refractivity contribution in [3.8, 4) is 23.0 Å². The van der Waals surface area contributed by atoms with E-state index in [1.165, 1.54) is 24.3 Å². The molecule has 0 radical (unpaired) electrons. The lowest BCUT2D eigenvalue weighted by atomic mass is 10.00. The normalized spacial score (nSPS) is 24.0. The lowest BCUT2D eigenvalue weighted by Gasteiger charge is -2.36. The van der Waals surface area contributed by atoms with Gasteiger partial charge in [0, 0.05) is 0 Å². The Hall–Kier alpha value is -2.56. The second-order valence-electron chi connectivity index (χ2n) is 8.44. The predicted molar refractivity (Wildman–Crippen MR) is 118 cm³/mol. The first-order valence-corrected chi connectivity index (χ1v) is 11.1. The van der Waals surface area contributed by atoms with Crippen LogP contribution in [-0.2, 0) is 22.3 Å². The van der Waals surface area contributed by atoms with Crippen LogP contribution >= 0.6 is 0 Å². The van der Waals surface area contributed by atoms with E-state index in [0.717, 1.165) is 24.0 Å². The van der Waals surface area contributed by atoms with Crippen LogP contribution in [0.5, 0.6) is 23.0 Å². The molecule has 2 aromatic carbocycles. The highest BCUT2D eigenvalue weighted by molar-refractivity contribution is 5.41. The number of ether oxygens (including phenoxy) is 2. The average molecular weight is 465 g/mol. The van der Waals surface area contributed by atoms with Crippen molar-refractivity contribution in [1.29, 1.82) is 0 Å². The molecule has 5 atom stereocenters. The number of aliphatic hydroxyl groups excluding tert-OH is 3. The fraction of sp³-hybridized carbons (Fsp3) is 0.500. The second-order valence-corrected chi connectivity index (χ2v) is 8.44. The number of aryl methyl sites for hydroxylation is 2. The fourth-order valence-corrected chi connectivity index (χ4v) is 3.85. The van der Waals surface area contributed by atoms with Crippen LogP contribution in [0, 0.1) is 0 Å². The van der Waals surface area contributed by atoms with Gasteiger partial charge in [0.25, 0.3) is 0 Å². The van der Waals surface area contributed by atoms with E-state index in [4.69, 9.17) is 9.47 Å². The highest BCUT2D eigenvalue weighted by atomic mass is 16.7. The van der Waals surface area contributed by atoms with E-state index in [9.17, 15) is 35.7 Å². The molecule has 2 aromatic rings. The summed E-state index contributed by atoms with van der Waals surface area (Å²) in [6, 6.07) is 9.33. The maximum absolute atomic E-state index is 10.2. The molecule has 9 heteroatoms. The largest absolute Gasteiger partial charge is 0.504 e. The zero-order chi connectivity index (χ0) is 24.0. The zero-order valence-corrected chi connectivity index (χ0v) is 18.2. The van der Waals surface area contributed by atoms with E-state index in [-0.39, 0.29) is 35.7 Å². The third kappa shape index (κ3) is 6.96. The van der Waals surface area contributed by atoms with Crippen molar-refractivity contribution in [2.24, 2.45) is 0 Å². The number of hydrogen-bond donors (Lipinski definition) is 7. The molecule has 7 N–H and O–H groups in total. The number of unbranched alkanes of at least 4 members (excludes halogenated alkanes) is 1. The number of aliphatic hydroxyl groups is 3. The van der Waals surface area contributed by atoms with Crippen LogP contribution < -0.4 is 0 Å². The molecule has 0 spiro atoms. The topological polar surface area (TPSA) is 160 Å². The Labute approximate surface area is 192 Å². The molecule has 182 valence electrons. The summed E-state index contributed by atoms with van der Waals surface area (Å²) in [6.45, 7) is -0.147. The highest BCUT2D eigenvalue weighted by Gasteiger charge is 2.39. The molecule has 1 aliphatic heterocycles. The van der Waals surface area contributed by atoms with Crippen molar-refractivity contribution >= 4 is 0 Å². The third-order valence-corrected chi connectivity index (χ3v) is 5.86. The number of benzene rings is 2. The van der Waals surface area contributed by atoms with Crippen LogP contribution in [-0.4, -0.2) is 73.1 Å². The van der Waals surface area contributed by atoms with Gasteiger partial charge in [-0.25, -0.2) is 0 Å². The Morgan fingerprint density at radius 3 is 1.97 bits per heavy atom. The average Bonchev–Trinajstić information content (AvgIpc) is 2.79. The molecule has 1 saturated heterocycles. The molecule has 0 bridgehead atoms. The third-order valence-electron chi connectivity index (χ3n) is 5.86. The van der Waals surface area contributed by atoms with Crippen molar-refractivity contribution in [3.05, 3.63) is 47.5 Å². The first kappa shape index (κ1) is 25.1. The molecule has 0 aliphatic carbocycles. The summed E-state index contributed by atoms with van der Waals surface area (Å²) in [5, 5.41) is 68.0. The number of phenolic OH excluding ortho intramolecular Hbond substituents is 4. The van der Waals surface area contributed by atoms with E-state index in [2.05, 4.69) is 0 Å². The minimum absolute atomic E-state index is 0.147. The second kappa shape index (κ2) is 11.5. The van der Waals surface area contributed by atoms with Crippen molar-refractivity contribution in [2.75, 3.05) is 6.61 Å². The Bertz CT molecular complexity index is 903. The maximum Gasteiger partial charge on any atom is 0.186 e. The Morgan fingerprint density at radius 2 is 1.36 bits per heavy atom. The van der Waals surface area contributed by atoms with Gasteiger partial charge in [-0.3, -0.25) is 0 Å². The molecule has 1 aliphatic rings. The summed E-state index contributed by atoms with van der Waals surface area (Å²) < 4.78 is 11.3. The molecule has 33 heavy (non-hydrogen) atoms. The van der Waals surface area contributed by atoms with Gasteiger partial charge in [-0.05, 0) is 67.5 Å². The molecule has 0 unspecified atom stereocenters. The molecule has 0 aromatic heterocycles. The zero-order valence-electron chi connectivity index (χ0n) is 18.2. The molecule has 1 heterocycles. The van der Waals surface area contributed by atoms with E-state index in [0.29, 0.717) is 25.7 Å². The van der Waals surface area contributed by atoms with E-state index < -0.39 is 24.6 Å². The van der Waals surface area contributed by atoms with Crippen LogP contribution in [0.2, 0.25) is 0 Å². The van der Waals surface area contributed by atoms with Gasteiger partial charge >= 0.3 is 0 Å². The molecule has 9 nitrogen and oxygen atoms in total.